The van der Waals surface area contributed by atoms with Crippen molar-refractivity contribution >= 4 is 11.9 Å². The molecule has 1 aromatic heterocycles. The van der Waals surface area contributed by atoms with E-state index in [2.05, 4.69) is 11.7 Å². The molecule has 6 nitrogen and oxygen atoms in total. The molecule has 0 aliphatic heterocycles. The summed E-state index contributed by atoms with van der Waals surface area (Å²) in [6.45, 7) is 4.90. The van der Waals surface area contributed by atoms with E-state index in [4.69, 9.17) is 10.2 Å². The third kappa shape index (κ3) is 4.38. The lowest BCUT2D eigenvalue weighted by molar-refractivity contribution is -0.119. The lowest BCUT2D eigenvalue weighted by Crippen LogP contribution is -2.36. The molecule has 1 amide bonds. The number of unbranched alkanes of at least 4 members (excludes halogenated alkanes) is 1. The zero-order valence-electron chi connectivity index (χ0n) is 12.2. The van der Waals surface area contributed by atoms with Gasteiger partial charge in [-0.1, -0.05) is 13.3 Å². The monoisotopic (exact) mass is 282 g/mol. The molecule has 0 aromatic carbocycles. The molecular weight excluding hydrogens is 260 g/mol. The van der Waals surface area contributed by atoms with Gasteiger partial charge in [0.15, 0.2) is 0 Å². The summed E-state index contributed by atoms with van der Waals surface area (Å²) in [6.07, 6.45) is 1.98. The standard InChI is InChI=1S/C14H22N2O4/c1-4-5-8-16(9-13(15)17)10(2)11-6-7-12(20-11)14(18)19-3/h6-7,10H,4-5,8-9H2,1-3H3,(H2,15,17). The number of esters is 1. The van der Waals surface area contributed by atoms with Crippen LogP contribution >= 0.6 is 0 Å². The second-order valence-electron chi connectivity index (χ2n) is 4.66. The second kappa shape index (κ2) is 7.69. The van der Waals surface area contributed by atoms with Gasteiger partial charge in [0.1, 0.15) is 5.76 Å². The minimum absolute atomic E-state index is 0.132. The van der Waals surface area contributed by atoms with E-state index in [9.17, 15) is 9.59 Å². The number of rotatable bonds is 8. The Kier molecular flexibility index (Phi) is 6.24. The summed E-state index contributed by atoms with van der Waals surface area (Å²) in [5.74, 6) is -0.127. The van der Waals surface area contributed by atoms with E-state index in [1.807, 2.05) is 11.8 Å². The number of methoxy groups -OCH3 is 1. The third-order valence-corrected chi connectivity index (χ3v) is 3.13. The molecule has 1 rings (SSSR count). The number of hydrogen-bond acceptors (Lipinski definition) is 5. The summed E-state index contributed by atoms with van der Waals surface area (Å²) < 4.78 is 10.1. The summed E-state index contributed by atoms with van der Waals surface area (Å²) in [6, 6.07) is 3.16. The fourth-order valence-electron chi connectivity index (χ4n) is 1.94. The fraction of sp³-hybridized carbons (Fsp3) is 0.571. The van der Waals surface area contributed by atoms with Crippen molar-refractivity contribution < 1.29 is 18.7 Å². The van der Waals surface area contributed by atoms with Crippen LogP contribution in [0.1, 0.15) is 49.0 Å². The molecule has 0 fully saturated rings. The Bertz CT molecular complexity index is 456. The van der Waals surface area contributed by atoms with Crippen LogP contribution in [0, 0.1) is 0 Å². The van der Waals surface area contributed by atoms with Gasteiger partial charge in [0.25, 0.3) is 0 Å². The Labute approximate surface area is 118 Å². The fourth-order valence-corrected chi connectivity index (χ4v) is 1.94. The zero-order valence-corrected chi connectivity index (χ0v) is 12.2. The van der Waals surface area contributed by atoms with Crippen molar-refractivity contribution in [3.8, 4) is 0 Å². The van der Waals surface area contributed by atoms with Crippen molar-refractivity contribution in [2.75, 3.05) is 20.2 Å². The maximum absolute atomic E-state index is 11.4. The van der Waals surface area contributed by atoms with E-state index < -0.39 is 5.97 Å². The number of amides is 1. The minimum Gasteiger partial charge on any atom is -0.463 e. The number of nitrogens with two attached hydrogens (primary N) is 1. The van der Waals surface area contributed by atoms with Crippen LogP contribution in [0.15, 0.2) is 16.5 Å². The van der Waals surface area contributed by atoms with E-state index >= 15 is 0 Å². The van der Waals surface area contributed by atoms with Crippen LogP contribution in [-0.2, 0) is 9.53 Å². The SMILES string of the molecule is CCCCN(CC(N)=O)C(C)c1ccc(C(=O)OC)o1. The molecule has 0 aliphatic rings. The van der Waals surface area contributed by atoms with Gasteiger partial charge < -0.3 is 14.9 Å². The minimum atomic E-state index is -0.515. The third-order valence-electron chi connectivity index (χ3n) is 3.13. The average Bonchev–Trinajstić information content (AvgIpc) is 2.91. The van der Waals surface area contributed by atoms with Gasteiger partial charge in [0.05, 0.1) is 19.7 Å². The molecule has 1 aromatic rings. The van der Waals surface area contributed by atoms with E-state index in [0.29, 0.717) is 5.76 Å². The molecule has 1 atom stereocenters. The number of ether oxygens (including phenoxy) is 1. The molecule has 0 aliphatic carbocycles. The summed E-state index contributed by atoms with van der Waals surface area (Å²) in [7, 11) is 1.30. The van der Waals surface area contributed by atoms with Crippen molar-refractivity contribution in [2.24, 2.45) is 5.73 Å². The van der Waals surface area contributed by atoms with Crippen molar-refractivity contribution in [1.82, 2.24) is 4.90 Å². The number of nitrogens with zero attached hydrogens (tertiary/aromatic N) is 1. The molecule has 112 valence electrons. The van der Waals surface area contributed by atoms with Crippen LogP contribution < -0.4 is 5.73 Å². The maximum atomic E-state index is 11.4. The van der Waals surface area contributed by atoms with Crippen LogP contribution in [0.2, 0.25) is 0 Å². The molecule has 0 spiro atoms. The Morgan fingerprint density at radius 3 is 2.70 bits per heavy atom. The topological polar surface area (TPSA) is 85.8 Å². The quantitative estimate of drug-likeness (QED) is 0.734. The highest BCUT2D eigenvalue weighted by Gasteiger charge is 2.21. The largest absolute Gasteiger partial charge is 0.463 e. The number of furan rings is 1. The Balaban J connectivity index is 2.81. The van der Waals surface area contributed by atoms with Gasteiger partial charge in [-0.05, 0) is 32.0 Å². The number of carbonyl (C=O) groups excluding carboxylic acids is 2. The van der Waals surface area contributed by atoms with E-state index in [0.717, 1.165) is 19.4 Å². The highest BCUT2D eigenvalue weighted by atomic mass is 16.5. The molecule has 2 N–H and O–H groups in total. The van der Waals surface area contributed by atoms with Gasteiger partial charge in [-0.25, -0.2) is 4.79 Å². The van der Waals surface area contributed by atoms with Crippen LogP contribution in [0.5, 0.6) is 0 Å². The van der Waals surface area contributed by atoms with E-state index in [-0.39, 0.29) is 24.3 Å². The summed E-state index contributed by atoms with van der Waals surface area (Å²) in [5, 5.41) is 0. The zero-order chi connectivity index (χ0) is 15.1. The van der Waals surface area contributed by atoms with Gasteiger partial charge >= 0.3 is 5.97 Å². The number of carbonyl (C=O) groups is 2. The molecule has 1 heterocycles. The normalized spacial score (nSPS) is 12.4. The molecule has 0 radical (unpaired) electrons. The molecule has 0 saturated carbocycles. The lowest BCUT2D eigenvalue weighted by atomic mass is 10.2. The van der Waals surface area contributed by atoms with Crippen molar-refractivity contribution in [1.29, 1.82) is 0 Å². The van der Waals surface area contributed by atoms with Crippen LogP contribution in [0.4, 0.5) is 0 Å². The van der Waals surface area contributed by atoms with Crippen LogP contribution in [0.3, 0.4) is 0 Å². The Morgan fingerprint density at radius 2 is 2.15 bits per heavy atom. The maximum Gasteiger partial charge on any atom is 0.373 e. The summed E-state index contributed by atoms with van der Waals surface area (Å²) >= 11 is 0. The lowest BCUT2D eigenvalue weighted by Gasteiger charge is -2.26. The highest BCUT2D eigenvalue weighted by molar-refractivity contribution is 5.86. The predicted molar refractivity (Wildman–Crippen MR) is 74.1 cm³/mol. The molecule has 20 heavy (non-hydrogen) atoms. The first-order valence-electron chi connectivity index (χ1n) is 6.70. The molecule has 0 bridgehead atoms. The second-order valence-corrected chi connectivity index (χ2v) is 4.66. The molecular formula is C14H22N2O4. The first-order chi connectivity index (χ1) is 9.49. The molecule has 6 heteroatoms. The molecule has 1 unspecified atom stereocenters. The number of primary amides is 1. The van der Waals surface area contributed by atoms with E-state index in [1.54, 1.807) is 12.1 Å². The smallest absolute Gasteiger partial charge is 0.373 e. The first kappa shape index (κ1) is 16.2. The van der Waals surface area contributed by atoms with Gasteiger partial charge in [-0.2, -0.15) is 0 Å². The Morgan fingerprint density at radius 1 is 1.45 bits per heavy atom. The Hall–Kier alpha value is -1.82. The van der Waals surface area contributed by atoms with Gasteiger partial charge in [0, 0.05) is 0 Å². The van der Waals surface area contributed by atoms with Gasteiger partial charge in [0.2, 0.25) is 11.7 Å². The average molecular weight is 282 g/mol. The summed E-state index contributed by atoms with van der Waals surface area (Å²) in [4.78, 5) is 24.4. The van der Waals surface area contributed by atoms with Gasteiger partial charge in [-0.15, -0.1) is 0 Å². The van der Waals surface area contributed by atoms with Crippen LogP contribution in [-0.4, -0.2) is 37.0 Å². The predicted octanol–water partition coefficient (Wildman–Crippen LogP) is 1.71. The van der Waals surface area contributed by atoms with Crippen molar-refractivity contribution in [2.45, 2.75) is 32.7 Å². The van der Waals surface area contributed by atoms with Crippen molar-refractivity contribution in [3.05, 3.63) is 23.7 Å². The first-order valence-corrected chi connectivity index (χ1v) is 6.70. The van der Waals surface area contributed by atoms with Gasteiger partial charge in [-0.3, -0.25) is 9.69 Å². The number of hydrogen-bond donors (Lipinski definition) is 1. The van der Waals surface area contributed by atoms with E-state index in [1.165, 1.54) is 7.11 Å². The van der Waals surface area contributed by atoms with Crippen LogP contribution in [0.25, 0.3) is 0 Å². The molecule has 0 saturated heterocycles. The van der Waals surface area contributed by atoms with Crippen molar-refractivity contribution in [3.63, 3.8) is 0 Å². The summed E-state index contributed by atoms with van der Waals surface area (Å²) in [5.41, 5.74) is 5.27. The highest BCUT2D eigenvalue weighted by Crippen LogP contribution is 2.23.